The van der Waals surface area contributed by atoms with Gasteiger partial charge < -0.3 is 15.4 Å². The first-order valence-corrected chi connectivity index (χ1v) is 5.53. The van der Waals surface area contributed by atoms with E-state index in [0.29, 0.717) is 24.0 Å². The molecule has 2 N–H and O–H groups in total. The fraction of sp³-hybridized carbons (Fsp3) is 0.455. The topological polar surface area (TPSA) is 68.7 Å². The molecule has 2 rings (SSSR count). The van der Waals surface area contributed by atoms with E-state index in [9.17, 15) is 0 Å². The van der Waals surface area contributed by atoms with Gasteiger partial charge in [0.2, 0.25) is 5.65 Å². The summed E-state index contributed by atoms with van der Waals surface area (Å²) in [4.78, 5) is 10.4. The van der Waals surface area contributed by atoms with E-state index in [0.717, 1.165) is 13.0 Å². The predicted octanol–water partition coefficient (Wildman–Crippen LogP) is 0.642. The van der Waals surface area contributed by atoms with Crippen LogP contribution >= 0.6 is 0 Å². The summed E-state index contributed by atoms with van der Waals surface area (Å²) in [5.74, 6) is 0.923. The van der Waals surface area contributed by atoms with Gasteiger partial charge in [0.25, 0.3) is 5.88 Å². The van der Waals surface area contributed by atoms with Crippen LogP contribution in [0, 0.1) is 0 Å². The van der Waals surface area contributed by atoms with Gasteiger partial charge in [0, 0.05) is 18.9 Å². The Bertz CT molecular complexity index is 494. The fourth-order valence-electron chi connectivity index (χ4n) is 1.57. The number of fused-ring (bicyclic) bond motifs is 1. The van der Waals surface area contributed by atoms with Gasteiger partial charge in [-0.25, -0.2) is 4.98 Å². The molecule has 0 aliphatic heterocycles. The first kappa shape index (κ1) is 11.7. The van der Waals surface area contributed by atoms with E-state index in [1.165, 1.54) is 0 Å². The molecule has 0 radical (unpaired) electrons. The number of hydrogen-bond acceptors (Lipinski definition) is 5. The summed E-state index contributed by atoms with van der Waals surface area (Å²) in [6.07, 6.45) is 6.18. The molecule has 0 unspecified atom stereocenters. The molecule has 0 bridgehead atoms. The average molecular weight is 235 g/mol. The molecule has 17 heavy (non-hydrogen) atoms. The zero-order chi connectivity index (χ0) is 12.3. The highest BCUT2D eigenvalue weighted by atomic mass is 16.5. The van der Waals surface area contributed by atoms with Crippen LogP contribution in [0.5, 0.6) is 5.88 Å². The number of hydrogen-bond donors (Lipinski definition) is 1. The van der Waals surface area contributed by atoms with Gasteiger partial charge in [-0.3, -0.25) is 4.40 Å². The zero-order valence-corrected chi connectivity index (χ0v) is 10.1. The second-order valence-electron chi connectivity index (χ2n) is 4.13. The van der Waals surface area contributed by atoms with Crippen molar-refractivity contribution < 1.29 is 4.74 Å². The van der Waals surface area contributed by atoms with Crippen LogP contribution in [0.1, 0.15) is 6.42 Å². The van der Waals surface area contributed by atoms with Crippen molar-refractivity contribution in [2.45, 2.75) is 6.42 Å². The molecule has 2 heterocycles. The second kappa shape index (κ2) is 5.01. The quantitative estimate of drug-likeness (QED) is 0.770. The van der Waals surface area contributed by atoms with Gasteiger partial charge in [-0.05, 0) is 20.5 Å². The Kier molecular flexibility index (Phi) is 3.43. The summed E-state index contributed by atoms with van der Waals surface area (Å²) in [6, 6.07) is 0. The molecule has 0 atom stereocenters. The summed E-state index contributed by atoms with van der Waals surface area (Å²) in [7, 11) is 4.07. The zero-order valence-electron chi connectivity index (χ0n) is 10.1. The summed E-state index contributed by atoms with van der Waals surface area (Å²) in [6.45, 7) is 1.59. The lowest BCUT2D eigenvalue weighted by molar-refractivity contribution is 0.275. The Morgan fingerprint density at radius 3 is 3.06 bits per heavy atom. The lowest BCUT2D eigenvalue weighted by atomic mass is 10.4. The molecule has 0 saturated heterocycles. The van der Waals surface area contributed by atoms with E-state index in [1.807, 2.05) is 24.7 Å². The maximum absolute atomic E-state index is 5.69. The number of nitrogens with two attached hydrogens (primary N) is 1. The van der Waals surface area contributed by atoms with Crippen LogP contribution in [0.2, 0.25) is 0 Å². The maximum atomic E-state index is 5.69. The molecular formula is C11H17N5O. The van der Waals surface area contributed by atoms with Crippen molar-refractivity contribution in [1.29, 1.82) is 0 Å². The first-order valence-electron chi connectivity index (χ1n) is 5.53. The largest absolute Gasteiger partial charge is 0.475 e. The van der Waals surface area contributed by atoms with Crippen molar-refractivity contribution in [3.8, 4) is 5.88 Å². The van der Waals surface area contributed by atoms with Crippen molar-refractivity contribution in [3.05, 3.63) is 18.6 Å². The lowest BCUT2D eigenvalue weighted by Crippen LogP contribution is -2.16. The van der Waals surface area contributed by atoms with E-state index in [-0.39, 0.29) is 0 Å². The molecule has 2 aromatic rings. The van der Waals surface area contributed by atoms with Crippen molar-refractivity contribution in [1.82, 2.24) is 19.3 Å². The van der Waals surface area contributed by atoms with Gasteiger partial charge in [-0.2, -0.15) is 4.98 Å². The normalized spacial score (nSPS) is 11.2. The summed E-state index contributed by atoms with van der Waals surface area (Å²) < 4.78 is 7.42. The molecule has 0 aromatic carbocycles. The molecule has 0 aliphatic rings. The highest BCUT2D eigenvalue weighted by molar-refractivity contribution is 5.52. The summed E-state index contributed by atoms with van der Waals surface area (Å²) >= 11 is 0. The molecular weight excluding hydrogens is 218 g/mol. The molecule has 6 heteroatoms. The van der Waals surface area contributed by atoms with Crippen molar-refractivity contribution in [3.63, 3.8) is 0 Å². The minimum atomic E-state index is 0.429. The summed E-state index contributed by atoms with van der Waals surface area (Å²) in [5.41, 5.74) is 6.39. The molecule has 0 spiro atoms. The Hall–Kier alpha value is -1.82. The monoisotopic (exact) mass is 235 g/mol. The molecule has 0 aliphatic carbocycles. The van der Waals surface area contributed by atoms with Gasteiger partial charge in [0.1, 0.15) is 5.82 Å². The molecule has 6 nitrogen and oxygen atoms in total. The lowest BCUT2D eigenvalue weighted by Gasteiger charge is -2.10. The Morgan fingerprint density at radius 1 is 1.47 bits per heavy atom. The van der Waals surface area contributed by atoms with Crippen LogP contribution in [0.25, 0.3) is 5.65 Å². The molecule has 0 amide bonds. The van der Waals surface area contributed by atoms with Crippen molar-refractivity contribution in [2.75, 3.05) is 33.0 Å². The van der Waals surface area contributed by atoms with Gasteiger partial charge in [0.05, 0.1) is 12.8 Å². The fourth-order valence-corrected chi connectivity index (χ4v) is 1.57. The van der Waals surface area contributed by atoms with Gasteiger partial charge in [-0.1, -0.05) is 0 Å². The van der Waals surface area contributed by atoms with E-state index < -0.39 is 0 Å². The van der Waals surface area contributed by atoms with Crippen LogP contribution in [-0.2, 0) is 0 Å². The molecule has 0 saturated carbocycles. The second-order valence-corrected chi connectivity index (χ2v) is 4.13. The van der Waals surface area contributed by atoms with E-state index in [2.05, 4.69) is 14.9 Å². The number of anilines is 1. The molecule has 92 valence electrons. The third kappa shape index (κ3) is 2.85. The van der Waals surface area contributed by atoms with Crippen LogP contribution in [0.3, 0.4) is 0 Å². The SMILES string of the molecule is CN(C)CCCOc1nc(N)cn2ccnc12. The smallest absolute Gasteiger partial charge is 0.260 e. The number of aromatic nitrogens is 3. The predicted molar refractivity (Wildman–Crippen MR) is 66.1 cm³/mol. The van der Waals surface area contributed by atoms with Gasteiger partial charge in [0.15, 0.2) is 0 Å². The molecule has 2 aromatic heterocycles. The average Bonchev–Trinajstić information content (AvgIpc) is 2.71. The van der Waals surface area contributed by atoms with E-state index in [1.54, 1.807) is 12.4 Å². The third-order valence-corrected chi connectivity index (χ3v) is 2.35. The van der Waals surface area contributed by atoms with E-state index >= 15 is 0 Å². The number of imidazole rings is 1. The molecule has 0 fully saturated rings. The first-order chi connectivity index (χ1) is 8.16. The number of rotatable bonds is 5. The van der Waals surface area contributed by atoms with Gasteiger partial charge in [-0.15, -0.1) is 0 Å². The minimum Gasteiger partial charge on any atom is -0.475 e. The summed E-state index contributed by atoms with van der Waals surface area (Å²) in [5, 5.41) is 0. The van der Waals surface area contributed by atoms with Crippen LogP contribution in [0.4, 0.5) is 5.82 Å². The standard InChI is InChI=1S/C11H17N5O/c1-15(2)5-3-7-17-11-10-13-4-6-16(10)8-9(12)14-11/h4,6,8H,3,5,7,12H2,1-2H3. The Balaban J connectivity index is 2.04. The van der Waals surface area contributed by atoms with Gasteiger partial charge >= 0.3 is 0 Å². The minimum absolute atomic E-state index is 0.429. The highest BCUT2D eigenvalue weighted by Crippen LogP contribution is 2.16. The Labute approximate surface area is 100 Å². The number of nitrogen functional groups attached to an aromatic ring is 1. The highest BCUT2D eigenvalue weighted by Gasteiger charge is 2.07. The van der Waals surface area contributed by atoms with Crippen molar-refractivity contribution in [2.24, 2.45) is 0 Å². The van der Waals surface area contributed by atoms with E-state index in [4.69, 9.17) is 10.5 Å². The van der Waals surface area contributed by atoms with Crippen molar-refractivity contribution >= 4 is 11.5 Å². The van der Waals surface area contributed by atoms with Crippen LogP contribution < -0.4 is 10.5 Å². The van der Waals surface area contributed by atoms with Crippen LogP contribution in [0.15, 0.2) is 18.6 Å². The maximum Gasteiger partial charge on any atom is 0.260 e. The van der Waals surface area contributed by atoms with Crippen LogP contribution in [-0.4, -0.2) is 46.5 Å². The number of ether oxygens (including phenoxy) is 1. The number of nitrogens with zero attached hydrogens (tertiary/aromatic N) is 4. The third-order valence-electron chi connectivity index (χ3n) is 2.35. The Morgan fingerprint density at radius 2 is 2.29 bits per heavy atom.